The van der Waals surface area contributed by atoms with E-state index in [1.165, 1.54) is 0 Å². The van der Waals surface area contributed by atoms with Gasteiger partial charge in [-0.2, -0.15) is 0 Å². The number of ether oxygens (including phenoxy) is 2. The molecule has 0 aromatic heterocycles. The number of rotatable bonds is 4. The summed E-state index contributed by atoms with van der Waals surface area (Å²) in [4.78, 5) is 21.5. The quantitative estimate of drug-likeness (QED) is 0.558. The Hall–Kier alpha value is -1.84. The minimum atomic E-state index is -0.368. The van der Waals surface area contributed by atoms with Crippen molar-refractivity contribution in [1.29, 1.82) is 0 Å². The summed E-state index contributed by atoms with van der Waals surface area (Å²) >= 11 is 0. The molecule has 0 aliphatic rings. The topological polar surface area (TPSA) is 52.6 Å². The van der Waals surface area contributed by atoms with E-state index >= 15 is 0 Å². The molecular weight excluding hydrogens is 196 g/mol. The molecule has 4 nitrogen and oxygen atoms in total. The van der Waals surface area contributed by atoms with Gasteiger partial charge in [0.2, 0.25) is 0 Å². The summed E-state index contributed by atoms with van der Waals surface area (Å²) in [6.07, 6.45) is 0. The average Bonchev–Trinajstić information content (AvgIpc) is 2.18. The minimum Gasteiger partial charge on any atom is -0.462 e. The van der Waals surface area contributed by atoms with Crippen LogP contribution in [0.25, 0.3) is 0 Å². The fourth-order valence-electron chi connectivity index (χ4n) is 1.20. The third-order valence-corrected chi connectivity index (χ3v) is 1.88. The van der Waals surface area contributed by atoms with E-state index in [1.807, 2.05) is 0 Å². The summed E-state index contributed by atoms with van der Waals surface area (Å²) in [6, 6.07) is 4.74. The van der Waals surface area contributed by atoms with E-state index < -0.39 is 0 Å². The van der Waals surface area contributed by atoms with Crippen LogP contribution in [-0.2, 0) is 9.53 Å². The molecule has 0 saturated carbocycles. The Morgan fingerprint density at radius 2 is 2.20 bits per heavy atom. The van der Waals surface area contributed by atoms with Gasteiger partial charge in [-0.1, -0.05) is 0 Å². The van der Waals surface area contributed by atoms with Crippen LogP contribution in [0.3, 0.4) is 0 Å². The van der Waals surface area contributed by atoms with Crippen molar-refractivity contribution in [3.63, 3.8) is 0 Å². The van der Waals surface area contributed by atoms with Gasteiger partial charge in [0.1, 0.15) is 5.75 Å². The van der Waals surface area contributed by atoms with Crippen LogP contribution >= 0.6 is 0 Å². The van der Waals surface area contributed by atoms with Crippen LogP contribution in [0.5, 0.6) is 5.75 Å². The van der Waals surface area contributed by atoms with Gasteiger partial charge in [-0.05, 0) is 37.6 Å². The molecule has 1 aromatic carbocycles. The third kappa shape index (κ3) is 2.80. The highest BCUT2D eigenvalue weighted by Gasteiger charge is 2.10. The molecule has 0 aliphatic carbocycles. The van der Waals surface area contributed by atoms with Crippen molar-refractivity contribution < 1.29 is 19.1 Å². The summed E-state index contributed by atoms with van der Waals surface area (Å²) in [5, 5.41) is 0. The maximum atomic E-state index is 11.4. The van der Waals surface area contributed by atoms with Gasteiger partial charge >= 0.3 is 5.97 Å². The molecule has 0 heterocycles. The van der Waals surface area contributed by atoms with Crippen molar-refractivity contribution in [2.75, 3.05) is 6.61 Å². The lowest BCUT2D eigenvalue weighted by Gasteiger charge is -2.06. The molecule has 0 radical (unpaired) electrons. The van der Waals surface area contributed by atoms with Crippen molar-refractivity contribution in [2.24, 2.45) is 0 Å². The second-order valence-electron chi connectivity index (χ2n) is 2.91. The summed E-state index contributed by atoms with van der Waals surface area (Å²) in [5.41, 5.74) is 1.20. The molecule has 0 N–H and O–H groups in total. The fourth-order valence-corrected chi connectivity index (χ4v) is 1.20. The molecule has 0 fully saturated rings. The Kier molecular flexibility index (Phi) is 3.85. The second-order valence-corrected chi connectivity index (χ2v) is 2.91. The van der Waals surface area contributed by atoms with Gasteiger partial charge in [0.15, 0.2) is 0 Å². The second kappa shape index (κ2) is 5.14. The van der Waals surface area contributed by atoms with E-state index in [-0.39, 0.29) is 5.97 Å². The lowest BCUT2D eigenvalue weighted by molar-refractivity contribution is -0.120. The summed E-state index contributed by atoms with van der Waals surface area (Å²) in [7, 11) is 0. The first-order chi connectivity index (χ1) is 7.19. The first-order valence-corrected chi connectivity index (χ1v) is 4.57. The molecule has 1 rings (SSSR count). The van der Waals surface area contributed by atoms with Gasteiger partial charge in [0.05, 0.1) is 12.2 Å². The smallest absolute Gasteiger partial charge is 0.338 e. The molecule has 0 atom stereocenters. The molecule has 0 unspecified atom stereocenters. The van der Waals surface area contributed by atoms with Crippen LogP contribution in [0.4, 0.5) is 0 Å². The number of hydrogen-bond acceptors (Lipinski definition) is 4. The first kappa shape index (κ1) is 11.2. The zero-order valence-corrected chi connectivity index (χ0v) is 8.65. The number of esters is 1. The number of carbonyl (C=O) groups is 2. The Bertz CT molecular complexity index is 371. The van der Waals surface area contributed by atoms with Gasteiger partial charge in [-0.3, -0.25) is 4.79 Å². The predicted octanol–water partition coefficient (Wildman–Crippen LogP) is 1.71. The first-order valence-electron chi connectivity index (χ1n) is 4.57. The highest BCUT2D eigenvalue weighted by Crippen LogP contribution is 2.17. The monoisotopic (exact) mass is 208 g/mol. The van der Waals surface area contributed by atoms with Crippen molar-refractivity contribution in [1.82, 2.24) is 0 Å². The lowest BCUT2D eigenvalue weighted by atomic mass is 10.1. The van der Waals surface area contributed by atoms with Crippen LogP contribution in [0.2, 0.25) is 0 Å². The molecule has 0 bridgehead atoms. The normalized spacial score (nSPS) is 9.47. The van der Waals surface area contributed by atoms with E-state index in [2.05, 4.69) is 4.74 Å². The van der Waals surface area contributed by atoms with Crippen molar-refractivity contribution in [3.05, 3.63) is 29.3 Å². The van der Waals surface area contributed by atoms with Crippen LogP contribution in [0, 0.1) is 6.92 Å². The van der Waals surface area contributed by atoms with Crippen molar-refractivity contribution in [2.45, 2.75) is 13.8 Å². The molecule has 0 amide bonds. The molecular formula is C11H12O4. The maximum Gasteiger partial charge on any atom is 0.338 e. The third-order valence-electron chi connectivity index (χ3n) is 1.88. The van der Waals surface area contributed by atoms with Crippen molar-refractivity contribution in [3.8, 4) is 5.75 Å². The van der Waals surface area contributed by atoms with Gasteiger partial charge in [0.25, 0.3) is 6.47 Å². The number of hydrogen-bond donors (Lipinski definition) is 0. The Morgan fingerprint density at radius 1 is 1.47 bits per heavy atom. The van der Waals surface area contributed by atoms with E-state index in [1.54, 1.807) is 32.0 Å². The highest BCUT2D eigenvalue weighted by atomic mass is 16.5. The summed E-state index contributed by atoms with van der Waals surface area (Å²) < 4.78 is 9.51. The Morgan fingerprint density at radius 3 is 2.73 bits per heavy atom. The van der Waals surface area contributed by atoms with Gasteiger partial charge in [0, 0.05) is 0 Å². The van der Waals surface area contributed by atoms with Crippen LogP contribution in [-0.4, -0.2) is 19.0 Å². The summed E-state index contributed by atoms with van der Waals surface area (Å²) in [6.45, 7) is 4.19. The zero-order chi connectivity index (χ0) is 11.3. The average molecular weight is 208 g/mol. The predicted molar refractivity (Wildman–Crippen MR) is 53.8 cm³/mol. The number of aryl methyl sites for hydroxylation is 1. The molecule has 80 valence electrons. The van der Waals surface area contributed by atoms with E-state index in [9.17, 15) is 9.59 Å². The molecule has 4 heteroatoms. The highest BCUT2D eigenvalue weighted by molar-refractivity contribution is 5.91. The molecule has 0 aliphatic heterocycles. The van der Waals surface area contributed by atoms with Crippen LogP contribution in [0.1, 0.15) is 22.8 Å². The molecule has 1 aromatic rings. The van der Waals surface area contributed by atoms with Gasteiger partial charge in [-0.15, -0.1) is 0 Å². The maximum absolute atomic E-state index is 11.4. The standard InChI is InChI=1S/C11H12O4/c1-3-14-11(13)10-5-4-9(15-7-12)6-8(10)2/h4-7H,3H2,1-2H3. The molecule has 15 heavy (non-hydrogen) atoms. The largest absolute Gasteiger partial charge is 0.462 e. The van der Waals surface area contributed by atoms with E-state index in [0.717, 1.165) is 0 Å². The van der Waals surface area contributed by atoms with Gasteiger partial charge < -0.3 is 9.47 Å². The summed E-state index contributed by atoms with van der Waals surface area (Å²) in [5.74, 6) is 0.0446. The van der Waals surface area contributed by atoms with Gasteiger partial charge in [-0.25, -0.2) is 4.79 Å². The molecule has 0 spiro atoms. The SMILES string of the molecule is CCOC(=O)c1ccc(OC=O)cc1C. The van der Waals surface area contributed by atoms with E-state index in [4.69, 9.17) is 4.74 Å². The minimum absolute atomic E-state index is 0.338. The molecule has 0 saturated heterocycles. The number of benzene rings is 1. The zero-order valence-electron chi connectivity index (χ0n) is 8.65. The fraction of sp³-hybridized carbons (Fsp3) is 0.273. The number of carbonyl (C=O) groups excluding carboxylic acids is 2. The van der Waals surface area contributed by atoms with Crippen LogP contribution < -0.4 is 4.74 Å². The Labute approximate surface area is 87.8 Å². The van der Waals surface area contributed by atoms with E-state index in [0.29, 0.717) is 30.0 Å². The Balaban J connectivity index is 2.92. The van der Waals surface area contributed by atoms with Crippen LogP contribution in [0.15, 0.2) is 18.2 Å². The van der Waals surface area contributed by atoms with Crippen molar-refractivity contribution >= 4 is 12.4 Å². The lowest BCUT2D eigenvalue weighted by Crippen LogP contribution is -2.06.